The lowest BCUT2D eigenvalue weighted by Gasteiger charge is -2.19. The summed E-state index contributed by atoms with van der Waals surface area (Å²) in [6.07, 6.45) is 1.88. The Labute approximate surface area is 228 Å². The molecule has 0 bridgehead atoms. The zero-order valence-electron chi connectivity index (χ0n) is 22.6. The molecular formula is C32H33F2N3O2. The Kier molecular flexibility index (Phi) is 8.51. The summed E-state index contributed by atoms with van der Waals surface area (Å²) in [7, 11) is 0. The van der Waals surface area contributed by atoms with Gasteiger partial charge >= 0.3 is 0 Å². The molecule has 0 fully saturated rings. The fourth-order valence-electron chi connectivity index (χ4n) is 4.63. The zero-order valence-corrected chi connectivity index (χ0v) is 22.6. The normalized spacial score (nSPS) is 13.1. The zero-order chi connectivity index (χ0) is 28.2. The summed E-state index contributed by atoms with van der Waals surface area (Å²) in [5.41, 5.74) is 6.45. The Hall–Kier alpha value is -3.97. The summed E-state index contributed by atoms with van der Waals surface area (Å²) in [5.74, 6) is -2.68. The number of aromatic nitrogens is 2. The molecule has 1 unspecified atom stereocenters. The van der Waals surface area contributed by atoms with Gasteiger partial charge in [-0.1, -0.05) is 72.3 Å². The number of anilines is 1. The van der Waals surface area contributed by atoms with Crippen LogP contribution in [0.4, 0.5) is 14.6 Å². The van der Waals surface area contributed by atoms with E-state index < -0.39 is 12.0 Å². The van der Waals surface area contributed by atoms with E-state index in [2.05, 4.69) is 54.3 Å². The lowest BCUT2D eigenvalue weighted by molar-refractivity contribution is -0.117. The summed E-state index contributed by atoms with van der Waals surface area (Å²) in [4.78, 5) is 21.7. The van der Waals surface area contributed by atoms with Crippen LogP contribution in [0, 0.1) is 13.8 Å². The van der Waals surface area contributed by atoms with Crippen LogP contribution in [0.15, 0.2) is 79.1 Å². The molecule has 1 heterocycles. The summed E-state index contributed by atoms with van der Waals surface area (Å²) < 4.78 is 28.0. The quantitative estimate of drug-likeness (QED) is 0.237. The fourth-order valence-corrected chi connectivity index (χ4v) is 4.63. The van der Waals surface area contributed by atoms with E-state index in [1.807, 2.05) is 24.3 Å². The number of hydrogen-bond donors (Lipinski definition) is 2. The second kappa shape index (κ2) is 11.8. The molecule has 0 aliphatic carbocycles. The van der Waals surface area contributed by atoms with Crippen LogP contribution in [0.5, 0.6) is 0 Å². The lowest BCUT2D eigenvalue weighted by Crippen LogP contribution is -2.27. The third kappa shape index (κ3) is 6.73. The van der Waals surface area contributed by atoms with Crippen LogP contribution in [0.2, 0.25) is 0 Å². The Morgan fingerprint density at radius 3 is 2.08 bits per heavy atom. The predicted octanol–water partition coefficient (Wildman–Crippen LogP) is 6.76. The number of Topliss-reactive ketones (excluding diaryl/α,β-unsaturated/α-hetero) is 1. The Morgan fingerprint density at radius 2 is 1.49 bits per heavy atom. The van der Waals surface area contributed by atoms with Crippen LogP contribution >= 0.6 is 0 Å². The number of nitrogens with zero attached hydrogens (tertiary/aromatic N) is 2. The average Bonchev–Trinajstić information content (AvgIpc) is 2.89. The summed E-state index contributed by atoms with van der Waals surface area (Å²) in [6, 6.07) is 19.6. The van der Waals surface area contributed by atoms with Crippen molar-refractivity contribution in [2.24, 2.45) is 0 Å². The molecule has 0 aliphatic heterocycles. The monoisotopic (exact) mass is 529 g/mol. The van der Waals surface area contributed by atoms with Crippen LogP contribution < -0.4 is 5.32 Å². The number of carbonyl (C=O) groups excluding carboxylic acids is 1. The highest BCUT2D eigenvalue weighted by Gasteiger charge is 2.37. The van der Waals surface area contributed by atoms with Gasteiger partial charge in [-0.25, -0.2) is 4.98 Å². The molecule has 0 radical (unpaired) electrons. The molecule has 202 valence electrons. The first-order valence-electron chi connectivity index (χ1n) is 13.0. The number of hydrogen-bond acceptors (Lipinski definition) is 5. The number of aliphatic hydroxyl groups is 1. The van der Waals surface area contributed by atoms with Crippen molar-refractivity contribution in [1.82, 2.24) is 9.97 Å². The number of rotatable bonds is 10. The maximum Gasteiger partial charge on any atom is 0.298 e. The third-order valence-corrected chi connectivity index (χ3v) is 6.84. The van der Waals surface area contributed by atoms with Crippen molar-refractivity contribution in [3.63, 3.8) is 0 Å². The van der Waals surface area contributed by atoms with Crippen molar-refractivity contribution >= 4 is 11.6 Å². The van der Waals surface area contributed by atoms with Crippen LogP contribution in [0.25, 0.3) is 11.3 Å². The molecule has 4 aromatic rings. The van der Waals surface area contributed by atoms with E-state index >= 15 is 0 Å². The van der Waals surface area contributed by atoms with Gasteiger partial charge < -0.3 is 10.4 Å². The molecule has 39 heavy (non-hydrogen) atoms. The van der Waals surface area contributed by atoms with E-state index in [1.165, 1.54) is 41.0 Å². The molecule has 0 saturated carbocycles. The maximum absolute atomic E-state index is 14.0. The van der Waals surface area contributed by atoms with Crippen molar-refractivity contribution in [2.45, 2.75) is 58.6 Å². The minimum absolute atomic E-state index is 0.0260. The molecule has 2 N–H and O–H groups in total. The van der Waals surface area contributed by atoms with E-state index in [4.69, 9.17) is 0 Å². The third-order valence-electron chi connectivity index (χ3n) is 6.84. The SMILES string of the molecule is Cc1ccc([C@H](C)Nc2nccnc2-c2ccc(CC(=O)Cc3ccc(C(F)(F)C(C)O)cc3)cc2)c(C)c1. The van der Waals surface area contributed by atoms with E-state index in [0.29, 0.717) is 11.4 Å². The number of aliphatic hydroxyl groups excluding tert-OH is 1. The highest BCUT2D eigenvalue weighted by atomic mass is 19.3. The maximum atomic E-state index is 14.0. The molecule has 5 nitrogen and oxygen atoms in total. The fraction of sp³-hybridized carbons (Fsp3) is 0.281. The topological polar surface area (TPSA) is 75.1 Å². The van der Waals surface area contributed by atoms with E-state index in [0.717, 1.165) is 23.7 Å². The van der Waals surface area contributed by atoms with Gasteiger partial charge in [0.25, 0.3) is 5.92 Å². The molecular weight excluding hydrogens is 496 g/mol. The van der Waals surface area contributed by atoms with Gasteiger partial charge in [-0.05, 0) is 49.9 Å². The predicted molar refractivity (Wildman–Crippen MR) is 150 cm³/mol. The van der Waals surface area contributed by atoms with Gasteiger partial charge in [0.05, 0.1) is 6.04 Å². The molecule has 0 aliphatic rings. The number of aryl methyl sites for hydroxylation is 2. The minimum Gasteiger partial charge on any atom is -0.387 e. The highest BCUT2D eigenvalue weighted by molar-refractivity contribution is 5.83. The summed E-state index contributed by atoms with van der Waals surface area (Å²) >= 11 is 0. The molecule has 0 spiro atoms. The van der Waals surface area contributed by atoms with Gasteiger partial charge in [-0.3, -0.25) is 9.78 Å². The molecule has 3 aromatic carbocycles. The first-order valence-corrected chi connectivity index (χ1v) is 13.0. The minimum atomic E-state index is -3.33. The smallest absolute Gasteiger partial charge is 0.298 e. The summed E-state index contributed by atoms with van der Waals surface area (Å²) in [5, 5.41) is 12.8. The van der Waals surface area contributed by atoms with Gasteiger partial charge in [0.1, 0.15) is 17.6 Å². The Balaban J connectivity index is 1.42. The molecule has 0 amide bonds. The lowest BCUT2D eigenvalue weighted by atomic mass is 9.98. The summed E-state index contributed by atoms with van der Waals surface area (Å²) in [6.45, 7) is 7.32. The second-order valence-electron chi connectivity index (χ2n) is 10.1. The van der Waals surface area contributed by atoms with Crippen LogP contribution in [-0.2, 0) is 23.6 Å². The van der Waals surface area contributed by atoms with Crippen LogP contribution in [-0.4, -0.2) is 27.0 Å². The molecule has 2 atom stereocenters. The number of benzene rings is 3. The standard InChI is InChI=1S/C32H33F2N3O2/c1-20-5-14-29(21(2)17-20)22(3)37-31-30(35-15-16-36-31)26-10-6-24(7-11-26)18-28(39)19-25-8-12-27(13-9-25)32(33,34)23(4)38/h5-17,22-23,38H,18-19H2,1-4H3,(H,36,37)/t22-,23?/m0/s1. The molecule has 4 rings (SSSR count). The van der Waals surface area contributed by atoms with Crippen molar-refractivity contribution in [3.05, 3.63) is 113 Å². The molecule has 7 heteroatoms. The number of alkyl halides is 2. The number of carbonyl (C=O) groups is 1. The van der Waals surface area contributed by atoms with Gasteiger partial charge in [-0.2, -0.15) is 8.78 Å². The molecule has 1 aromatic heterocycles. The number of halogens is 2. The largest absolute Gasteiger partial charge is 0.387 e. The Morgan fingerprint density at radius 1 is 0.897 bits per heavy atom. The van der Waals surface area contributed by atoms with Gasteiger partial charge in [0.15, 0.2) is 5.82 Å². The average molecular weight is 530 g/mol. The first kappa shape index (κ1) is 28.0. The van der Waals surface area contributed by atoms with Crippen molar-refractivity contribution in [2.75, 3.05) is 5.32 Å². The Bertz CT molecular complexity index is 1440. The van der Waals surface area contributed by atoms with Gasteiger partial charge in [0, 0.05) is 36.4 Å². The highest BCUT2D eigenvalue weighted by Crippen LogP contribution is 2.32. The van der Waals surface area contributed by atoms with Gasteiger partial charge in [-0.15, -0.1) is 0 Å². The molecule has 0 saturated heterocycles. The van der Waals surface area contributed by atoms with Crippen molar-refractivity contribution < 1.29 is 18.7 Å². The second-order valence-corrected chi connectivity index (χ2v) is 10.1. The van der Waals surface area contributed by atoms with Crippen LogP contribution in [0.1, 0.15) is 53.3 Å². The van der Waals surface area contributed by atoms with Gasteiger partial charge in [0.2, 0.25) is 0 Å². The first-order chi connectivity index (χ1) is 18.5. The van der Waals surface area contributed by atoms with E-state index in [1.54, 1.807) is 12.4 Å². The van der Waals surface area contributed by atoms with E-state index in [-0.39, 0.29) is 30.2 Å². The van der Waals surface area contributed by atoms with Crippen LogP contribution in [0.3, 0.4) is 0 Å². The van der Waals surface area contributed by atoms with Crippen molar-refractivity contribution in [3.8, 4) is 11.3 Å². The number of nitrogens with one attached hydrogen (secondary N) is 1. The van der Waals surface area contributed by atoms with Crippen molar-refractivity contribution in [1.29, 1.82) is 0 Å². The van der Waals surface area contributed by atoms with E-state index in [9.17, 15) is 18.7 Å². The number of ketones is 1.